The van der Waals surface area contributed by atoms with Gasteiger partial charge in [0.05, 0.1) is 5.69 Å². The van der Waals surface area contributed by atoms with Crippen molar-refractivity contribution in [2.75, 3.05) is 0 Å². The second-order valence-corrected chi connectivity index (χ2v) is 7.32. The van der Waals surface area contributed by atoms with Crippen molar-refractivity contribution < 1.29 is 5.11 Å². The molecule has 3 N–H and O–H groups in total. The molecule has 0 fully saturated rings. The number of H-pyrrole nitrogens is 2. The number of hydrogen-bond donors (Lipinski definition) is 3. The fourth-order valence-electron chi connectivity index (χ4n) is 3.22. The van der Waals surface area contributed by atoms with Crippen molar-refractivity contribution in [1.82, 2.24) is 10.2 Å². The van der Waals surface area contributed by atoms with Crippen molar-refractivity contribution in [1.29, 1.82) is 0 Å². The summed E-state index contributed by atoms with van der Waals surface area (Å²) in [4.78, 5) is 12.4. The highest BCUT2D eigenvalue weighted by Crippen LogP contribution is 2.32. The highest BCUT2D eigenvalue weighted by Gasteiger charge is 2.16. The number of rotatable bonds is 3. The smallest absolute Gasteiger partial charge is 0.268 e. The maximum atomic E-state index is 12.4. The van der Waals surface area contributed by atoms with Crippen LogP contribution in [-0.2, 0) is 6.42 Å². The Bertz CT molecular complexity index is 1150. The number of phenolic OH excluding ortho intramolecular Hbond substituents is 1. The van der Waals surface area contributed by atoms with Gasteiger partial charge >= 0.3 is 0 Å². The molecule has 4 nitrogen and oxygen atoms in total. The summed E-state index contributed by atoms with van der Waals surface area (Å²) in [5.41, 5.74) is 4.02. The van der Waals surface area contributed by atoms with Crippen LogP contribution in [0.25, 0.3) is 22.0 Å². The fraction of sp³-hybridized carbons (Fsp3) is 0.0952. The summed E-state index contributed by atoms with van der Waals surface area (Å²) in [7, 11) is 0. The van der Waals surface area contributed by atoms with Crippen LogP contribution in [0.15, 0.2) is 63.9 Å². The number of halogens is 1. The van der Waals surface area contributed by atoms with Gasteiger partial charge < -0.3 is 5.11 Å². The van der Waals surface area contributed by atoms with Crippen LogP contribution in [0.3, 0.4) is 0 Å². The third kappa shape index (κ3) is 2.95. The van der Waals surface area contributed by atoms with Gasteiger partial charge in [-0.05, 0) is 41.5 Å². The Labute approximate surface area is 158 Å². The number of aromatic hydroxyl groups is 1. The number of phenols is 1. The van der Waals surface area contributed by atoms with E-state index in [9.17, 15) is 9.90 Å². The highest BCUT2D eigenvalue weighted by molar-refractivity contribution is 9.10. The van der Waals surface area contributed by atoms with Gasteiger partial charge in [-0.15, -0.1) is 0 Å². The number of aryl methyl sites for hydroxylation is 1. The molecule has 0 aliphatic carbocycles. The van der Waals surface area contributed by atoms with Crippen molar-refractivity contribution in [2.24, 2.45) is 0 Å². The lowest BCUT2D eigenvalue weighted by Crippen LogP contribution is -2.07. The number of hydrogen-bond acceptors (Lipinski definition) is 2. The predicted octanol–water partition coefficient (Wildman–Crippen LogP) is 4.89. The van der Waals surface area contributed by atoms with Gasteiger partial charge in [0.2, 0.25) is 0 Å². The number of benzene rings is 3. The minimum atomic E-state index is -0.174. The highest BCUT2D eigenvalue weighted by atomic mass is 79.9. The van der Waals surface area contributed by atoms with Crippen molar-refractivity contribution in [3.8, 4) is 17.0 Å². The fourth-order valence-corrected chi connectivity index (χ4v) is 3.59. The van der Waals surface area contributed by atoms with Crippen LogP contribution < -0.4 is 5.56 Å². The molecule has 0 aliphatic heterocycles. The van der Waals surface area contributed by atoms with Gasteiger partial charge in [-0.1, -0.05) is 57.9 Å². The van der Waals surface area contributed by atoms with E-state index >= 15 is 0 Å². The van der Waals surface area contributed by atoms with E-state index in [1.165, 1.54) is 0 Å². The van der Waals surface area contributed by atoms with Gasteiger partial charge in [0.1, 0.15) is 5.75 Å². The Kier molecular flexibility index (Phi) is 4.17. The first kappa shape index (κ1) is 16.7. The van der Waals surface area contributed by atoms with E-state index in [-0.39, 0.29) is 11.3 Å². The van der Waals surface area contributed by atoms with Crippen LogP contribution in [0.4, 0.5) is 0 Å². The molecule has 26 heavy (non-hydrogen) atoms. The summed E-state index contributed by atoms with van der Waals surface area (Å²) in [6.07, 6.45) is 0.335. The lowest BCUT2D eigenvalue weighted by molar-refractivity contribution is 0.470. The largest absolute Gasteiger partial charge is 0.508 e. The minimum absolute atomic E-state index is 0.174. The molecule has 0 radical (unpaired) electrons. The molecule has 5 heteroatoms. The first-order chi connectivity index (χ1) is 12.5. The summed E-state index contributed by atoms with van der Waals surface area (Å²) < 4.78 is 0.929. The van der Waals surface area contributed by atoms with Crippen LogP contribution in [-0.4, -0.2) is 15.3 Å². The molecule has 0 spiro atoms. The molecule has 0 unspecified atom stereocenters. The number of aromatic nitrogens is 2. The predicted molar refractivity (Wildman–Crippen MR) is 108 cm³/mol. The zero-order valence-electron chi connectivity index (χ0n) is 14.1. The van der Waals surface area contributed by atoms with Gasteiger partial charge in [0.25, 0.3) is 5.56 Å². The molecule has 4 rings (SSSR count). The quantitative estimate of drug-likeness (QED) is 0.451. The summed E-state index contributed by atoms with van der Waals surface area (Å²) in [6.45, 7) is 2.02. The first-order valence-corrected chi connectivity index (χ1v) is 9.09. The molecule has 130 valence electrons. The topological polar surface area (TPSA) is 68.9 Å². The molecule has 0 atom stereocenters. The normalized spacial score (nSPS) is 11.2. The number of fused-ring (bicyclic) bond motifs is 1. The second-order valence-electron chi connectivity index (χ2n) is 6.40. The lowest BCUT2D eigenvalue weighted by atomic mass is 9.96. The zero-order chi connectivity index (χ0) is 18.3. The van der Waals surface area contributed by atoms with Gasteiger partial charge in [-0.3, -0.25) is 15.0 Å². The molecule has 0 amide bonds. The van der Waals surface area contributed by atoms with Crippen LogP contribution >= 0.6 is 15.9 Å². The average molecular weight is 409 g/mol. The molecule has 0 saturated heterocycles. The third-order valence-electron chi connectivity index (χ3n) is 4.64. The first-order valence-electron chi connectivity index (χ1n) is 8.29. The van der Waals surface area contributed by atoms with E-state index in [0.29, 0.717) is 12.0 Å². The van der Waals surface area contributed by atoms with Crippen molar-refractivity contribution in [3.05, 3.63) is 86.1 Å². The maximum Gasteiger partial charge on any atom is 0.268 e. The minimum Gasteiger partial charge on any atom is -0.508 e. The summed E-state index contributed by atoms with van der Waals surface area (Å²) in [5.74, 6) is 0.186. The SMILES string of the molecule is Cc1ccc(-c2[nH][nH]c(=O)c2Cc2c(O)ccc3ccc(Br)cc23)cc1. The average Bonchev–Trinajstić information content (AvgIpc) is 2.99. The van der Waals surface area contributed by atoms with Crippen LogP contribution in [0.1, 0.15) is 16.7 Å². The van der Waals surface area contributed by atoms with Crippen molar-refractivity contribution >= 4 is 26.7 Å². The molecular weight excluding hydrogens is 392 g/mol. The second kappa shape index (κ2) is 6.50. The summed E-state index contributed by atoms with van der Waals surface area (Å²) >= 11 is 3.49. The molecule has 0 saturated carbocycles. The molecular formula is C21H17BrN2O2. The Hall–Kier alpha value is -2.79. The van der Waals surface area contributed by atoms with Crippen LogP contribution in [0.5, 0.6) is 5.75 Å². The Morgan fingerprint density at radius 3 is 2.46 bits per heavy atom. The number of aromatic amines is 2. The van der Waals surface area contributed by atoms with E-state index in [1.54, 1.807) is 6.07 Å². The Morgan fingerprint density at radius 2 is 1.69 bits per heavy atom. The molecule has 3 aromatic carbocycles. The van der Waals surface area contributed by atoms with Crippen LogP contribution in [0, 0.1) is 6.92 Å². The maximum absolute atomic E-state index is 12.4. The van der Waals surface area contributed by atoms with Gasteiger partial charge in [0, 0.05) is 22.0 Å². The summed E-state index contributed by atoms with van der Waals surface area (Å²) in [5, 5.41) is 18.1. The summed E-state index contributed by atoms with van der Waals surface area (Å²) in [6, 6.07) is 17.5. The van der Waals surface area contributed by atoms with Crippen molar-refractivity contribution in [3.63, 3.8) is 0 Å². The van der Waals surface area contributed by atoms with Gasteiger partial charge in [-0.25, -0.2) is 0 Å². The monoisotopic (exact) mass is 408 g/mol. The zero-order valence-corrected chi connectivity index (χ0v) is 15.7. The molecule has 0 bridgehead atoms. The standard InChI is InChI=1S/C21H17BrN2O2/c1-12-2-4-14(5-3-12)20-18(21(26)24-23-20)11-17-16-10-15(22)8-6-13(16)7-9-19(17)25/h2-10,25H,11H2,1H3,(H2,23,24,26). The van der Waals surface area contributed by atoms with E-state index in [1.807, 2.05) is 55.5 Å². The molecule has 0 aliphatic rings. The molecule has 4 aromatic rings. The lowest BCUT2D eigenvalue weighted by Gasteiger charge is -2.10. The van der Waals surface area contributed by atoms with Gasteiger partial charge in [-0.2, -0.15) is 0 Å². The Balaban J connectivity index is 1.87. The van der Waals surface area contributed by atoms with E-state index in [2.05, 4.69) is 26.1 Å². The van der Waals surface area contributed by atoms with E-state index < -0.39 is 0 Å². The van der Waals surface area contributed by atoms with Crippen molar-refractivity contribution in [2.45, 2.75) is 13.3 Å². The number of nitrogens with one attached hydrogen (secondary N) is 2. The van der Waals surface area contributed by atoms with Crippen LogP contribution in [0.2, 0.25) is 0 Å². The molecule has 1 heterocycles. The van der Waals surface area contributed by atoms with E-state index in [4.69, 9.17) is 0 Å². The van der Waals surface area contributed by atoms with E-state index in [0.717, 1.165) is 37.6 Å². The molecule has 1 aromatic heterocycles. The van der Waals surface area contributed by atoms with Gasteiger partial charge in [0.15, 0.2) is 0 Å². The third-order valence-corrected chi connectivity index (χ3v) is 5.13. The Morgan fingerprint density at radius 1 is 0.962 bits per heavy atom.